The summed E-state index contributed by atoms with van der Waals surface area (Å²) in [7, 11) is 0. The summed E-state index contributed by atoms with van der Waals surface area (Å²) >= 11 is 0. The number of hydrogen-bond donors (Lipinski definition) is 0. The van der Waals surface area contributed by atoms with E-state index in [-0.39, 0.29) is 5.78 Å². The van der Waals surface area contributed by atoms with Crippen LogP contribution in [-0.2, 0) is 11.8 Å². The van der Waals surface area contributed by atoms with Crippen molar-refractivity contribution in [1.82, 2.24) is 4.98 Å². The highest BCUT2D eigenvalue weighted by Crippen LogP contribution is 2.49. The number of hydrogen-bond acceptors (Lipinski definition) is 2. The quantitative estimate of drug-likeness (QED) is 0.441. The molecule has 31 heavy (non-hydrogen) atoms. The summed E-state index contributed by atoms with van der Waals surface area (Å²) in [5.41, 5.74) is 7.85. The van der Waals surface area contributed by atoms with Gasteiger partial charge in [0.2, 0.25) is 0 Å². The van der Waals surface area contributed by atoms with Crippen LogP contribution in [0.5, 0.6) is 0 Å². The van der Waals surface area contributed by atoms with E-state index in [1.54, 1.807) is 0 Å². The zero-order valence-corrected chi connectivity index (χ0v) is 18.6. The van der Waals surface area contributed by atoms with Gasteiger partial charge in [-0.3, -0.25) is 9.78 Å². The number of benzene rings is 2. The molecule has 0 aliphatic heterocycles. The smallest absolute Gasteiger partial charge is 0.164 e. The molecular weight excluding hydrogens is 378 g/mol. The topological polar surface area (TPSA) is 30.0 Å². The van der Waals surface area contributed by atoms with Crippen molar-refractivity contribution in [1.29, 1.82) is 0 Å². The number of fused-ring (bicyclic) bond motifs is 1. The largest absolute Gasteiger partial charge is 0.294 e. The van der Waals surface area contributed by atoms with Crippen LogP contribution >= 0.6 is 0 Å². The Balaban J connectivity index is 1.59. The van der Waals surface area contributed by atoms with E-state index in [1.165, 1.54) is 37.2 Å². The van der Waals surface area contributed by atoms with Crippen molar-refractivity contribution in [3.8, 4) is 22.4 Å². The van der Waals surface area contributed by atoms with Gasteiger partial charge in [-0.25, -0.2) is 0 Å². The minimum atomic E-state index is 0.228. The average molecular weight is 409 g/mol. The predicted molar refractivity (Wildman–Crippen MR) is 127 cm³/mol. The molecule has 0 spiro atoms. The van der Waals surface area contributed by atoms with Gasteiger partial charge in [-0.15, -0.1) is 0 Å². The maximum absolute atomic E-state index is 12.6. The average Bonchev–Trinajstić information content (AvgIpc) is 2.76. The number of carbonyl (C=O) groups excluding carboxylic acids is 1. The first-order valence-corrected chi connectivity index (χ1v) is 11.6. The minimum absolute atomic E-state index is 0.228. The lowest BCUT2D eigenvalue weighted by Crippen LogP contribution is -2.35. The van der Waals surface area contributed by atoms with Gasteiger partial charge in [0.15, 0.2) is 5.78 Å². The number of nitrogens with zero attached hydrogens (tertiary/aromatic N) is 1. The van der Waals surface area contributed by atoms with Crippen LogP contribution in [0.3, 0.4) is 0 Å². The Morgan fingerprint density at radius 2 is 1.61 bits per heavy atom. The minimum Gasteiger partial charge on any atom is -0.294 e. The Morgan fingerprint density at radius 3 is 2.26 bits per heavy atom. The molecule has 0 atom stereocenters. The second-order valence-corrected chi connectivity index (χ2v) is 9.62. The van der Waals surface area contributed by atoms with Crippen molar-refractivity contribution in [3.63, 3.8) is 0 Å². The van der Waals surface area contributed by atoms with Crippen molar-refractivity contribution >= 4 is 5.78 Å². The third-order valence-electron chi connectivity index (χ3n) is 7.08. The SMILES string of the molecule is C[C](C)CC1(c2ccc(-c3nc4c(cc3-c3ccccc3)C(=O)CCC4)cc2)CCC1. The van der Waals surface area contributed by atoms with Crippen molar-refractivity contribution in [2.24, 2.45) is 0 Å². The van der Waals surface area contributed by atoms with Crippen LogP contribution in [0.4, 0.5) is 0 Å². The number of carbonyl (C=O) groups is 1. The van der Waals surface area contributed by atoms with Gasteiger partial charge >= 0.3 is 0 Å². The van der Waals surface area contributed by atoms with E-state index in [0.29, 0.717) is 11.8 Å². The van der Waals surface area contributed by atoms with E-state index < -0.39 is 0 Å². The molecule has 0 amide bonds. The molecule has 0 saturated heterocycles. The lowest BCUT2D eigenvalue weighted by Gasteiger charge is -2.44. The zero-order valence-electron chi connectivity index (χ0n) is 18.6. The molecule has 1 heterocycles. The fourth-order valence-corrected chi connectivity index (χ4v) is 5.42. The number of aryl methyl sites for hydroxylation is 1. The molecule has 0 N–H and O–H groups in total. The standard InChI is InChI=1S/C29H30NO/c1-20(2)19-29(16-7-17-29)23-14-12-22(13-15-23)28-24(21-8-4-3-5-9-21)18-25-26(30-28)10-6-11-27(25)31/h3-5,8-9,12-15,18H,6-7,10-11,16-17,19H2,1-2H3. The molecule has 0 bridgehead atoms. The third-order valence-corrected chi connectivity index (χ3v) is 7.08. The molecule has 1 aromatic heterocycles. The third kappa shape index (κ3) is 3.73. The van der Waals surface area contributed by atoms with E-state index in [0.717, 1.165) is 46.5 Å². The van der Waals surface area contributed by atoms with Gasteiger partial charge in [0.1, 0.15) is 0 Å². The van der Waals surface area contributed by atoms with E-state index >= 15 is 0 Å². The fraction of sp³-hybridized carbons (Fsp3) is 0.345. The molecule has 5 rings (SSSR count). The van der Waals surface area contributed by atoms with Gasteiger partial charge in [0.25, 0.3) is 0 Å². The van der Waals surface area contributed by atoms with Crippen LogP contribution in [0.15, 0.2) is 60.7 Å². The summed E-state index contributed by atoms with van der Waals surface area (Å²) in [6.45, 7) is 4.50. The lowest BCUT2D eigenvalue weighted by atomic mass is 9.61. The maximum atomic E-state index is 12.6. The van der Waals surface area contributed by atoms with Gasteiger partial charge in [-0.05, 0) is 60.6 Å². The number of pyridine rings is 1. The van der Waals surface area contributed by atoms with Gasteiger partial charge in [-0.1, -0.05) is 74.9 Å². The zero-order chi connectivity index (χ0) is 21.4. The highest BCUT2D eigenvalue weighted by molar-refractivity contribution is 6.00. The first-order valence-electron chi connectivity index (χ1n) is 11.6. The highest BCUT2D eigenvalue weighted by atomic mass is 16.1. The van der Waals surface area contributed by atoms with E-state index in [9.17, 15) is 4.79 Å². The van der Waals surface area contributed by atoms with Gasteiger partial charge in [0.05, 0.1) is 11.4 Å². The summed E-state index contributed by atoms with van der Waals surface area (Å²) in [5.74, 6) is 1.74. The van der Waals surface area contributed by atoms with Gasteiger partial charge in [0, 0.05) is 23.1 Å². The number of ketones is 1. The first-order chi connectivity index (χ1) is 15.1. The predicted octanol–water partition coefficient (Wildman–Crippen LogP) is 7.36. The molecule has 2 aliphatic rings. The summed E-state index contributed by atoms with van der Waals surface area (Å²) < 4.78 is 0. The second kappa shape index (κ2) is 8.07. The molecule has 157 valence electrons. The normalized spacial score (nSPS) is 17.3. The van der Waals surface area contributed by atoms with Crippen LogP contribution in [0, 0.1) is 5.92 Å². The summed E-state index contributed by atoms with van der Waals surface area (Å²) in [5, 5.41) is 0. The maximum Gasteiger partial charge on any atom is 0.164 e. The van der Waals surface area contributed by atoms with Crippen molar-refractivity contribution in [3.05, 3.63) is 83.4 Å². The Bertz CT molecular complexity index is 1090. The Labute approximate surface area is 185 Å². The molecule has 0 unspecified atom stereocenters. The molecule has 3 aromatic rings. The molecular formula is C29H30NO. The molecule has 2 aliphatic carbocycles. The van der Waals surface area contributed by atoms with Gasteiger partial charge < -0.3 is 0 Å². The van der Waals surface area contributed by atoms with Crippen LogP contribution in [0.2, 0.25) is 0 Å². The summed E-state index contributed by atoms with van der Waals surface area (Å²) in [4.78, 5) is 17.6. The lowest BCUT2D eigenvalue weighted by molar-refractivity contribution is 0.0971. The summed E-state index contributed by atoms with van der Waals surface area (Å²) in [6.07, 6.45) is 7.49. The molecule has 2 heteroatoms. The Hall–Kier alpha value is -2.74. The monoisotopic (exact) mass is 408 g/mol. The Morgan fingerprint density at radius 1 is 0.871 bits per heavy atom. The fourth-order valence-electron chi connectivity index (χ4n) is 5.42. The number of Topliss-reactive ketones (excluding diaryl/α,β-unsaturated/α-hetero) is 1. The first kappa shape index (κ1) is 20.2. The number of aromatic nitrogens is 1. The van der Waals surface area contributed by atoms with Gasteiger partial charge in [-0.2, -0.15) is 0 Å². The molecule has 2 aromatic carbocycles. The van der Waals surface area contributed by atoms with Crippen LogP contribution in [-0.4, -0.2) is 10.8 Å². The van der Waals surface area contributed by atoms with E-state index in [2.05, 4.69) is 56.3 Å². The van der Waals surface area contributed by atoms with Crippen LogP contribution in [0.1, 0.15) is 74.0 Å². The van der Waals surface area contributed by atoms with Crippen molar-refractivity contribution in [2.45, 2.75) is 64.2 Å². The van der Waals surface area contributed by atoms with Crippen LogP contribution < -0.4 is 0 Å². The summed E-state index contributed by atoms with van der Waals surface area (Å²) in [6, 6.07) is 21.6. The molecule has 1 saturated carbocycles. The van der Waals surface area contributed by atoms with E-state index in [1.807, 2.05) is 18.2 Å². The second-order valence-electron chi connectivity index (χ2n) is 9.62. The van der Waals surface area contributed by atoms with Crippen molar-refractivity contribution < 1.29 is 4.79 Å². The number of rotatable bonds is 5. The molecule has 2 nitrogen and oxygen atoms in total. The van der Waals surface area contributed by atoms with Crippen molar-refractivity contribution in [2.75, 3.05) is 0 Å². The molecule has 1 fully saturated rings. The molecule has 1 radical (unpaired) electrons. The highest BCUT2D eigenvalue weighted by Gasteiger charge is 2.39. The van der Waals surface area contributed by atoms with Crippen LogP contribution in [0.25, 0.3) is 22.4 Å². The Kier molecular flexibility index (Phi) is 5.25. The van der Waals surface area contributed by atoms with E-state index in [4.69, 9.17) is 4.98 Å².